The summed E-state index contributed by atoms with van der Waals surface area (Å²) >= 11 is 0. The van der Waals surface area contributed by atoms with Gasteiger partial charge in [0.15, 0.2) is 0 Å². The zero-order valence-corrected chi connectivity index (χ0v) is 8.88. The number of ether oxygens (including phenoxy) is 1. The van der Waals surface area contributed by atoms with Gasteiger partial charge in [0.05, 0.1) is 12.8 Å². The maximum Gasteiger partial charge on any atom is 0.213 e. The fraction of sp³-hybridized carbons (Fsp3) is 0.545. The summed E-state index contributed by atoms with van der Waals surface area (Å²) in [6.45, 7) is 6.46. The molecule has 0 saturated carbocycles. The molecule has 3 heteroatoms. The summed E-state index contributed by atoms with van der Waals surface area (Å²) in [6.07, 6.45) is 2.14. The van der Waals surface area contributed by atoms with Crippen LogP contribution in [0.1, 0.15) is 38.7 Å². The second-order valence-electron chi connectivity index (χ2n) is 3.29. The highest BCUT2D eigenvalue weighted by atomic mass is 19.1. The van der Waals surface area contributed by atoms with Gasteiger partial charge in [-0.15, -0.1) is 0 Å². The van der Waals surface area contributed by atoms with E-state index in [0.29, 0.717) is 18.1 Å². The molecule has 0 fully saturated rings. The molecule has 0 aliphatic heterocycles. The third-order valence-corrected chi connectivity index (χ3v) is 2.30. The second-order valence-corrected chi connectivity index (χ2v) is 3.29. The first-order valence-electron chi connectivity index (χ1n) is 4.97. The molecule has 1 unspecified atom stereocenters. The third-order valence-electron chi connectivity index (χ3n) is 2.30. The van der Waals surface area contributed by atoms with Crippen LogP contribution in [0.5, 0.6) is 5.88 Å². The molecule has 1 rings (SSSR count). The lowest BCUT2D eigenvalue weighted by Crippen LogP contribution is -2.00. The van der Waals surface area contributed by atoms with Crippen molar-refractivity contribution in [1.29, 1.82) is 0 Å². The van der Waals surface area contributed by atoms with Crippen molar-refractivity contribution in [2.45, 2.75) is 33.1 Å². The van der Waals surface area contributed by atoms with Crippen molar-refractivity contribution in [3.8, 4) is 5.88 Å². The van der Waals surface area contributed by atoms with Crippen LogP contribution in [0.3, 0.4) is 0 Å². The predicted octanol–water partition coefficient (Wildman–Crippen LogP) is 3.13. The van der Waals surface area contributed by atoms with Gasteiger partial charge in [0.2, 0.25) is 5.88 Å². The lowest BCUT2D eigenvalue weighted by atomic mass is 9.99. The van der Waals surface area contributed by atoms with Gasteiger partial charge in [-0.25, -0.2) is 9.37 Å². The molecule has 1 aromatic heterocycles. The molecule has 1 atom stereocenters. The fourth-order valence-corrected chi connectivity index (χ4v) is 1.26. The number of hydrogen-bond donors (Lipinski definition) is 0. The molecule has 0 aliphatic carbocycles. The minimum absolute atomic E-state index is 0.206. The van der Waals surface area contributed by atoms with E-state index in [0.717, 1.165) is 6.42 Å². The Morgan fingerprint density at radius 2 is 2.21 bits per heavy atom. The normalized spacial score (nSPS) is 12.6. The molecular formula is C11H16FNO. The van der Waals surface area contributed by atoms with Crippen LogP contribution in [0, 0.1) is 5.82 Å². The van der Waals surface area contributed by atoms with Gasteiger partial charge in [-0.2, -0.15) is 0 Å². The summed E-state index contributed by atoms with van der Waals surface area (Å²) in [7, 11) is 0. The van der Waals surface area contributed by atoms with E-state index in [1.54, 1.807) is 6.07 Å². The highest BCUT2D eigenvalue weighted by Gasteiger charge is 2.11. The van der Waals surface area contributed by atoms with E-state index in [1.165, 1.54) is 6.20 Å². The average Bonchev–Trinajstić information content (AvgIpc) is 2.20. The number of aromatic nitrogens is 1. The van der Waals surface area contributed by atoms with E-state index >= 15 is 0 Å². The Balaban J connectivity index is 2.95. The summed E-state index contributed by atoms with van der Waals surface area (Å²) in [6, 6.07) is 1.69. The first-order chi connectivity index (χ1) is 6.69. The molecule has 0 N–H and O–H groups in total. The van der Waals surface area contributed by atoms with Crippen LogP contribution in [-0.4, -0.2) is 11.6 Å². The number of pyridine rings is 1. The van der Waals surface area contributed by atoms with Crippen molar-refractivity contribution in [1.82, 2.24) is 4.98 Å². The Bertz CT molecular complexity index is 301. The molecular weight excluding hydrogens is 181 g/mol. The van der Waals surface area contributed by atoms with Gasteiger partial charge < -0.3 is 4.74 Å². The zero-order valence-electron chi connectivity index (χ0n) is 8.88. The van der Waals surface area contributed by atoms with Crippen molar-refractivity contribution < 1.29 is 9.13 Å². The molecule has 2 nitrogen and oxygen atoms in total. The predicted molar refractivity (Wildman–Crippen MR) is 54.1 cm³/mol. The standard InChI is InChI=1S/C11H16FNO/c1-4-8(3)9-6-11(14-5-2)13-7-10(9)12/h6-8H,4-5H2,1-3H3. The van der Waals surface area contributed by atoms with Crippen molar-refractivity contribution in [2.24, 2.45) is 0 Å². The van der Waals surface area contributed by atoms with E-state index in [-0.39, 0.29) is 11.7 Å². The summed E-state index contributed by atoms with van der Waals surface area (Å²) in [5.74, 6) is 0.462. The third kappa shape index (κ3) is 2.44. The number of nitrogens with zero attached hydrogens (tertiary/aromatic N) is 1. The molecule has 0 saturated heterocycles. The molecule has 1 heterocycles. The molecule has 1 aromatic rings. The van der Waals surface area contributed by atoms with Crippen LogP contribution in [0.2, 0.25) is 0 Å². The van der Waals surface area contributed by atoms with Gasteiger partial charge in [-0.1, -0.05) is 13.8 Å². The maximum atomic E-state index is 13.3. The highest BCUT2D eigenvalue weighted by Crippen LogP contribution is 2.24. The lowest BCUT2D eigenvalue weighted by Gasteiger charge is -2.11. The molecule has 0 aliphatic rings. The average molecular weight is 197 g/mol. The van der Waals surface area contributed by atoms with E-state index in [2.05, 4.69) is 4.98 Å². The monoisotopic (exact) mass is 197 g/mol. The topological polar surface area (TPSA) is 22.1 Å². The van der Waals surface area contributed by atoms with E-state index in [1.807, 2.05) is 20.8 Å². The van der Waals surface area contributed by atoms with Gasteiger partial charge in [-0.05, 0) is 24.8 Å². The van der Waals surface area contributed by atoms with E-state index < -0.39 is 0 Å². The molecule has 0 bridgehead atoms. The first kappa shape index (κ1) is 11.0. The fourth-order valence-electron chi connectivity index (χ4n) is 1.26. The van der Waals surface area contributed by atoms with E-state index in [9.17, 15) is 4.39 Å². The Morgan fingerprint density at radius 1 is 1.50 bits per heavy atom. The summed E-state index contributed by atoms with van der Waals surface area (Å²) in [4.78, 5) is 3.85. The molecule has 0 aromatic carbocycles. The smallest absolute Gasteiger partial charge is 0.213 e. The lowest BCUT2D eigenvalue weighted by molar-refractivity contribution is 0.324. The van der Waals surface area contributed by atoms with Crippen molar-refractivity contribution in [3.05, 3.63) is 23.6 Å². The van der Waals surface area contributed by atoms with Gasteiger partial charge in [0.25, 0.3) is 0 Å². The molecule has 14 heavy (non-hydrogen) atoms. The summed E-state index contributed by atoms with van der Waals surface area (Å²) < 4.78 is 18.5. The Labute approximate surface area is 84.1 Å². The quantitative estimate of drug-likeness (QED) is 0.739. The van der Waals surface area contributed by atoms with Crippen molar-refractivity contribution in [2.75, 3.05) is 6.61 Å². The Morgan fingerprint density at radius 3 is 2.79 bits per heavy atom. The van der Waals surface area contributed by atoms with Gasteiger partial charge in [0, 0.05) is 6.07 Å². The van der Waals surface area contributed by atoms with E-state index in [4.69, 9.17) is 4.74 Å². The van der Waals surface area contributed by atoms with Gasteiger partial charge >= 0.3 is 0 Å². The molecule has 0 amide bonds. The van der Waals surface area contributed by atoms with Crippen LogP contribution in [-0.2, 0) is 0 Å². The number of hydrogen-bond acceptors (Lipinski definition) is 2. The first-order valence-corrected chi connectivity index (χ1v) is 4.97. The maximum absolute atomic E-state index is 13.3. The van der Waals surface area contributed by atoms with Crippen LogP contribution in [0.25, 0.3) is 0 Å². The van der Waals surface area contributed by atoms with Crippen LogP contribution in [0.15, 0.2) is 12.3 Å². The van der Waals surface area contributed by atoms with Crippen LogP contribution >= 0.6 is 0 Å². The minimum atomic E-state index is -0.247. The highest BCUT2D eigenvalue weighted by molar-refractivity contribution is 5.25. The SMILES string of the molecule is CCOc1cc(C(C)CC)c(F)cn1. The van der Waals surface area contributed by atoms with Crippen molar-refractivity contribution in [3.63, 3.8) is 0 Å². The summed E-state index contributed by atoms with van der Waals surface area (Å²) in [5.41, 5.74) is 0.686. The molecule has 78 valence electrons. The minimum Gasteiger partial charge on any atom is -0.478 e. The zero-order chi connectivity index (χ0) is 10.6. The number of halogens is 1. The summed E-state index contributed by atoms with van der Waals surface area (Å²) in [5, 5.41) is 0. The van der Waals surface area contributed by atoms with Crippen LogP contribution < -0.4 is 4.74 Å². The van der Waals surface area contributed by atoms with Gasteiger partial charge in [0.1, 0.15) is 5.82 Å². The number of rotatable bonds is 4. The molecule has 0 spiro atoms. The second kappa shape index (κ2) is 4.94. The van der Waals surface area contributed by atoms with Gasteiger partial charge in [-0.3, -0.25) is 0 Å². The Kier molecular flexibility index (Phi) is 3.86. The molecule has 0 radical (unpaired) electrons. The Hall–Kier alpha value is -1.12. The van der Waals surface area contributed by atoms with Crippen molar-refractivity contribution >= 4 is 0 Å². The largest absolute Gasteiger partial charge is 0.478 e. The van der Waals surface area contributed by atoms with Crippen LogP contribution in [0.4, 0.5) is 4.39 Å².